The quantitative estimate of drug-likeness (QED) is 0.879. The van der Waals surface area contributed by atoms with Gasteiger partial charge in [-0.2, -0.15) is 0 Å². The molecule has 0 amide bonds. The van der Waals surface area contributed by atoms with E-state index < -0.39 is 5.97 Å². The highest BCUT2D eigenvalue weighted by molar-refractivity contribution is 5.84. The summed E-state index contributed by atoms with van der Waals surface area (Å²) in [6, 6.07) is 8.77. The smallest absolute Gasteiger partial charge is 0.356 e. The molecule has 0 bridgehead atoms. The largest absolute Gasteiger partial charge is 0.476 e. The Hall–Kier alpha value is -2.63. The van der Waals surface area contributed by atoms with Crippen molar-refractivity contribution in [3.63, 3.8) is 0 Å². The van der Waals surface area contributed by atoms with Crippen LogP contribution in [-0.4, -0.2) is 40.2 Å². The standard InChI is InChI=1S/C16H18N4O2/c1-11(20-7-6-12-4-2-3-5-14(12)20)8-18-15-10-17-13(9-19-15)16(21)22/h2-5,9-11H,6-8H2,1H3,(H,18,19)(H,21,22). The lowest BCUT2D eigenvalue weighted by atomic mass is 10.2. The van der Waals surface area contributed by atoms with E-state index in [1.165, 1.54) is 23.6 Å². The summed E-state index contributed by atoms with van der Waals surface area (Å²) in [6.45, 7) is 3.90. The van der Waals surface area contributed by atoms with Crippen LogP contribution in [0, 0.1) is 0 Å². The molecule has 0 aliphatic carbocycles. The molecule has 6 nitrogen and oxygen atoms in total. The van der Waals surface area contributed by atoms with Gasteiger partial charge in [-0.3, -0.25) is 0 Å². The van der Waals surface area contributed by atoms with E-state index in [1.807, 2.05) is 0 Å². The van der Waals surface area contributed by atoms with Crippen LogP contribution < -0.4 is 10.2 Å². The first-order valence-electron chi connectivity index (χ1n) is 7.29. The van der Waals surface area contributed by atoms with Crippen LogP contribution in [0.4, 0.5) is 11.5 Å². The van der Waals surface area contributed by atoms with Gasteiger partial charge in [0, 0.05) is 24.8 Å². The molecule has 22 heavy (non-hydrogen) atoms. The molecule has 114 valence electrons. The Morgan fingerprint density at radius 1 is 1.36 bits per heavy atom. The molecule has 1 atom stereocenters. The van der Waals surface area contributed by atoms with Gasteiger partial charge in [-0.1, -0.05) is 18.2 Å². The number of carbonyl (C=O) groups is 1. The second-order valence-electron chi connectivity index (χ2n) is 5.39. The number of aromatic carboxylic acids is 1. The highest BCUT2D eigenvalue weighted by Gasteiger charge is 2.22. The number of hydrogen-bond acceptors (Lipinski definition) is 5. The summed E-state index contributed by atoms with van der Waals surface area (Å²) in [4.78, 5) is 21.0. The van der Waals surface area contributed by atoms with Crippen molar-refractivity contribution in [3.05, 3.63) is 47.9 Å². The van der Waals surface area contributed by atoms with Gasteiger partial charge in [0.25, 0.3) is 0 Å². The third-order valence-electron chi connectivity index (χ3n) is 3.90. The monoisotopic (exact) mass is 298 g/mol. The molecule has 2 heterocycles. The van der Waals surface area contributed by atoms with E-state index in [4.69, 9.17) is 5.11 Å². The van der Waals surface area contributed by atoms with Crippen LogP contribution in [0.5, 0.6) is 0 Å². The van der Waals surface area contributed by atoms with Gasteiger partial charge in [-0.25, -0.2) is 14.8 Å². The molecule has 6 heteroatoms. The highest BCUT2D eigenvalue weighted by atomic mass is 16.4. The number of rotatable bonds is 5. The first kappa shape index (κ1) is 14.3. The van der Waals surface area contributed by atoms with E-state index in [9.17, 15) is 4.79 Å². The van der Waals surface area contributed by atoms with Crippen molar-refractivity contribution in [3.8, 4) is 0 Å². The van der Waals surface area contributed by atoms with E-state index in [-0.39, 0.29) is 5.69 Å². The minimum absolute atomic E-state index is 0.0490. The number of nitrogens with zero attached hydrogens (tertiary/aromatic N) is 3. The Bertz CT molecular complexity index is 672. The molecule has 2 aromatic rings. The Labute approximate surface area is 128 Å². The molecule has 1 unspecified atom stereocenters. The molecule has 3 rings (SSSR count). The van der Waals surface area contributed by atoms with E-state index >= 15 is 0 Å². The normalized spacial score (nSPS) is 14.5. The van der Waals surface area contributed by atoms with Gasteiger partial charge in [0.05, 0.1) is 12.4 Å². The minimum atomic E-state index is -1.07. The Kier molecular flexibility index (Phi) is 3.91. The zero-order valence-corrected chi connectivity index (χ0v) is 12.4. The molecule has 0 radical (unpaired) electrons. The van der Waals surface area contributed by atoms with Crippen molar-refractivity contribution in [1.29, 1.82) is 0 Å². The maximum absolute atomic E-state index is 10.7. The number of anilines is 2. The van der Waals surface area contributed by atoms with E-state index in [1.54, 1.807) is 0 Å². The van der Waals surface area contributed by atoms with Crippen LogP contribution in [0.3, 0.4) is 0 Å². The number of nitrogens with one attached hydrogen (secondary N) is 1. The molecule has 0 saturated carbocycles. The van der Waals surface area contributed by atoms with Crippen LogP contribution in [0.25, 0.3) is 0 Å². The lowest BCUT2D eigenvalue weighted by Crippen LogP contribution is -2.36. The average molecular weight is 298 g/mol. The topological polar surface area (TPSA) is 78.3 Å². The predicted molar refractivity (Wildman–Crippen MR) is 84.4 cm³/mol. The van der Waals surface area contributed by atoms with Crippen LogP contribution in [0.1, 0.15) is 23.0 Å². The van der Waals surface area contributed by atoms with Gasteiger partial charge in [-0.05, 0) is 25.0 Å². The summed E-state index contributed by atoms with van der Waals surface area (Å²) < 4.78 is 0. The van der Waals surface area contributed by atoms with Gasteiger partial charge in [-0.15, -0.1) is 0 Å². The fraction of sp³-hybridized carbons (Fsp3) is 0.312. The molecule has 1 aromatic carbocycles. The Morgan fingerprint density at radius 3 is 2.91 bits per heavy atom. The highest BCUT2D eigenvalue weighted by Crippen LogP contribution is 2.29. The summed E-state index contributed by atoms with van der Waals surface area (Å²) in [5, 5.41) is 12.0. The SMILES string of the molecule is CC(CNc1cnc(C(=O)O)cn1)N1CCc2ccccc21. The number of hydrogen-bond donors (Lipinski definition) is 2. The summed E-state index contributed by atoms with van der Waals surface area (Å²) in [5.74, 6) is -0.481. The summed E-state index contributed by atoms with van der Waals surface area (Å²) in [6.07, 6.45) is 3.79. The molecule has 1 aliphatic rings. The van der Waals surface area contributed by atoms with Crippen molar-refractivity contribution < 1.29 is 9.90 Å². The number of para-hydroxylation sites is 1. The van der Waals surface area contributed by atoms with Crippen LogP contribution >= 0.6 is 0 Å². The van der Waals surface area contributed by atoms with Crippen LogP contribution in [-0.2, 0) is 6.42 Å². The molecular weight excluding hydrogens is 280 g/mol. The number of aromatic nitrogens is 2. The predicted octanol–water partition coefficient (Wildman–Crippen LogP) is 2.04. The van der Waals surface area contributed by atoms with Crippen molar-refractivity contribution in [2.75, 3.05) is 23.3 Å². The maximum atomic E-state index is 10.7. The minimum Gasteiger partial charge on any atom is -0.476 e. The van der Waals surface area contributed by atoms with Crippen molar-refractivity contribution >= 4 is 17.5 Å². The second kappa shape index (κ2) is 6.01. The molecule has 1 aliphatic heterocycles. The van der Waals surface area contributed by atoms with Gasteiger partial charge in [0.2, 0.25) is 0 Å². The van der Waals surface area contributed by atoms with Gasteiger partial charge in [0.1, 0.15) is 5.82 Å². The van der Waals surface area contributed by atoms with Crippen molar-refractivity contribution in [1.82, 2.24) is 9.97 Å². The maximum Gasteiger partial charge on any atom is 0.356 e. The lowest BCUT2D eigenvalue weighted by Gasteiger charge is -2.27. The average Bonchev–Trinajstić information content (AvgIpc) is 2.97. The third kappa shape index (κ3) is 2.86. The molecule has 2 N–H and O–H groups in total. The first-order chi connectivity index (χ1) is 10.6. The molecule has 1 aromatic heterocycles. The van der Waals surface area contributed by atoms with Gasteiger partial charge in [0.15, 0.2) is 5.69 Å². The molecule has 0 spiro atoms. The third-order valence-corrected chi connectivity index (χ3v) is 3.90. The van der Waals surface area contributed by atoms with Crippen LogP contribution in [0.15, 0.2) is 36.7 Å². The number of carboxylic acids is 1. The Balaban J connectivity index is 1.61. The van der Waals surface area contributed by atoms with E-state index in [0.29, 0.717) is 11.9 Å². The van der Waals surface area contributed by atoms with Crippen LogP contribution in [0.2, 0.25) is 0 Å². The van der Waals surface area contributed by atoms with Crippen molar-refractivity contribution in [2.24, 2.45) is 0 Å². The number of carboxylic acid groups (broad SMARTS) is 1. The number of benzene rings is 1. The van der Waals surface area contributed by atoms with Crippen molar-refractivity contribution in [2.45, 2.75) is 19.4 Å². The molecular formula is C16H18N4O2. The zero-order chi connectivity index (χ0) is 15.5. The fourth-order valence-corrected chi connectivity index (χ4v) is 2.71. The fourth-order valence-electron chi connectivity index (χ4n) is 2.71. The summed E-state index contributed by atoms with van der Waals surface area (Å²) >= 11 is 0. The second-order valence-corrected chi connectivity index (χ2v) is 5.39. The number of fused-ring (bicyclic) bond motifs is 1. The molecule has 0 saturated heterocycles. The first-order valence-corrected chi connectivity index (χ1v) is 7.29. The molecule has 0 fully saturated rings. The van der Waals surface area contributed by atoms with Gasteiger partial charge >= 0.3 is 5.97 Å². The lowest BCUT2D eigenvalue weighted by molar-refractivity contribution is 0.0690. The zero-order valence-electron chi connectivity index (χ0n) is 12.4. The van der Waals surface area contributed by atoms with E-state index in [2.05, 4.69) is 51.4 Å². The summed E-state index contributed by atoms with van der Waals surface area (Å²) in [5.41, 5.74) is 2.64. The van der Waals surface area contributed by atoms with E-state index in [0.717, 1.165) is 19.5 Å². The Morgan fingerprint density at radius 2 is 2.18 bits per heavy atom. The summed E-state index contributed by atoms with van der Waals surface area (Å²) in [7, 11) is 0. The van der Waals surface area contributed by atoms with Gasteiger partial charge < -0.3 is 15.3 Å².